The number of ether oxygens (including phenoxy) is 1. The molecule has 1 fully saturated rings. The number of nitrogens with one attached hydrogen (secondary N) is 1. The van der Waals surface area contributed by atoms with Crippen molar-refractivity contribution >= 4 is 5.91 Å². The van der Waals surface area contributed by atoms with Crippen LogP contribution in [-0.2, 0) is 9.53 Å². The van der Waals surface area contributed by atoms with Crippen LogP contribution in [0.25, 0.3) is 0 Å². The molecule has 1 aliphatic heterocycles. The van der Waals surface area contributed by atoms with Gasteiger partial charge in [0.2, 0.25) is 5.91 Å². The summed E-state index contributed by atoms with van der Waals surface area (Å²) < 4.78 is 5.15. The average molecular weight is 247 g/mol. The second-order valence-corrected chi connectivity index (χ2v) is 4.81. The third-order valence-corrected chi connectivity index (χ3v) is 2.75. The number of hydrogen-bond donors (Lipinski definition) is 4. The Morgan fingerprint density at radius 2 is 2.06 bits per heavy atom. The first kappa shape index (κ1) is 14.4. The van der Waals surface area contributed by atoms with Crippen LogP contribution in [0, 0.1) is 5.92 Å². The lowest BCUT2D eigenvalue weighted by Gasteiger charge is -2.37. The summed E-state index contributed by atoms with van der Waals surface area (Å²) in [7, 11) is 0. The molecule has 1 rings (SSSR count). The van der Waals surface area contributed by atoms with Gasteiger partial charge >= 0.3 is 0 Å². The molecule has 1 heterocycles. The fourth-order valence-electron chi connectivity index (χ4n) is 1.81. The predicted molar refractivity (Wildman–Crippen MR) is 60.2 cm³/mol. The summed E-state index contributed by atoms with van der Waals surface area (Å²) >= 11 is 0. The summed E-state index contributed by atoms with van der Waals surface area (Å²) in [6.45, 7) is 3.58. The highest BCUT2D eigenvalue weighted by Gasteiger charge is 2.38. The van der Waals surface area contributed by atoms with Gasteiger partial charge in [-0.2, -0.15) is 0 Å². The van der Waals surface area contributed by atoms with Crippen molar-refractivity contribution in [2.24, 2.45) is 5.92 Å². The Morgan fingerprint density at radius 3 is 2.59 bits per heavy atom. The lowest BCUT2D eigenvalue weighted by Crippen LogP contribution is -2.60. The molecule has 0 bridgehead atoms. The van der Waals surface area contributed by atoms with E-state index >= 15 is 0 Å². The Kier molecular flexibility index (Phi) is 5.32. The second kappa shape index (κ2) is 6.30. The van der Waals surface area contributed by atoms with Gasteiger partial charge in [0, 0.05) is 6.42 Å². The van der Waals surface area contributed by atoms with Crippen LogP contribution in [0.5, 0.6) is 0 Å². The molecule has 4 unspecified atom stereocenters. The third kappa shape index (κ3) is 3.92. The quantitative estimate of drug-likeness (QED) is 0.491. The molecule has 6 nitrogen and oxygen atoms in total. The van der Waals surface area contributed by atoms with Crippen LogP contribution in [0.2, 0.25) is 0 Å². The average Bonchev–Trinajstić information content (AvgIpc) is 2.24. The summed E-state index contributed by atoms with van der Waals surface area (Å²) in [6.07, 6.45) is -2.72. The molecule has 0 radical (unpaired) electrons. The maximum absolute atomic E-state index is 11.5. The molecular weight excluding hydrogens is 226 g/mol. The first-order valence-corrected chi connectivity index (χ1v) is 5.83. The van der Waals surface area contributed by atoms with Crippen LogP contribution >= 0.6 is 0 Å². The van der Waals surface area contributed by atoms with E-state index in [1.807, 2.05) is 13.8 Å². The third-order valence-electron chi connectivity index (χ3n) is 2.75. The van der Waals surface area contributed by atoms with Gasteiger partial charge in [-0.15, -0.1) is 0 Å². The first-order chi connectivity index (χ1) is 7.95. The minimum absolute atomic E-state index is 0.0906. The van der Waals surface area contributed by atoms with E-state index < -0.39 is 24.4 Å². The van der Waals surface area contributed by atoms with Gasteiger partial charge in [-0.25, -0.2) is 0 Å². The van der Waals surface area contributed by atoms with Crippen LogP contribution < -0.4 is 5.32 Å². The van der Waals surface area contributed by atoms with E-state index in [0.29, 0.717) is 6.42 Å². The smallest absolute Gasteiger partial charge is 0.220 e. The number of carbonyl (C=O) groups excluding carboxylic acids is 1. The number of rotatable bonds is 4. The Hall–Kier alpha value is -0.690. The number of amides is 1. The molecule has 4 atom stereocenters. The molecule has 0 aliphatic carbocycles. The predicted octanol–water partition coefficient (Wildman–Crippen LogP) is -1.37. The number of hydrogen-bond acceptors (Lipinski definition) is 5. The highest BCUT2D eigenvalue weighted by Crippen LogP contribution is 2.15. The standard InChI is InChI=1S/C11H21NO5/c1-6(2)3-9(14)12-7-5-17-8(4-13)11(16)10(7)15/h6-8,10-11,13,15-16H,3-5H2,1-2H3,(H,12,14). The molecule has 0 saturated carbocycles. The van der Waals surface area contributed by atoms with Crippen LogP contribution in [0.15, 0.2) is 0 Å². The zero-order valence-electron chi connectivity index (χ0n) is 10.2. The maximum Gasteiger partial charge on any atom is 0.220 e. The van der Waals surface area contributed by atoms with Crippen molar-refractivity contribution < 1.29 is 24.9 Å². The summed E-state index contributed by atoms with van der Waals surface area (Å²) in [5.41, 5.74) is 0. The molecular formula is C11H21NO5. The van der Waals surface area contributed by atoms with Gasteiger partial charge in [0.25, 0.3) is 0 Å². The fourth-order valence-corrected chi connectivity index (χ4v) is 1.81. The van der Waals surface area contributed by atoms with E-state index in [0.717, 1.165) is 0 Å². The minimum Gasteiger partial charge on any atom is -0.394 e. The summed E-state index contributed by atoms with van der Waals surface area (Å²) in [5, 5.41) is 30.9. The second-order valence-electron chi connectivity index (χ2n) is 4.81. The summed E-state index contributed by atoms with van der Waals surface area (Å²) in [5.74, 6) is 0.0501. The zero-order valence-corrected chi connectivity index (χ0v) is 10.2. The van der Waals surface area contributed by atoms with Gasteiger partial charge in [-0.05, 0) is 5.92 Å². The van der Waals surface area contributed by atoms with E-state index in [-0.39, 0.29) is 25.0 Å². The van der Waals surface area contributed by atoms with Gasteiger partial charge in [0.05, 0.1) is 19.3 Å². The van der Waals surface area contributed by atoms with Crippen LogP contribution in [0.4, 0.5) is 0 Å². The number of aliphatic hydroxyl groups is 3. The van der Waals surface area contributed by atoms with Crippen molar-refractivity contribution in [2.75, 3.05) is 13.2 Å². The lowest BCUT2D eigenvalue weighted by molar-refractivity contribution is -0.164. The van der Waals surface area contributed by atoms with E-state index in [1.54, 1.807) is 0 Å². The minimum atomic E-state index is -1.18. The van der Waals surface area contributed by atoms with Crippen LogP contribution in [-0.4, -0.2) is 58.8 Å². The van der Waals surface area contributed by atoms with Gasteiger partial charge in [-0.3, -0.25) is 4.79 Å². The molecule has 1 amide bonds. The summed E-state index contributed by atoms with van der Waals surface area (Å²) in [6, 6.07) is -0.626. The van der Waals surface area contributed by atoms with Gasteiger partial charge in [-0.1, -0.05) is 13.8 Å². The topological polar surface area (TPSA) is 99.0 Å². The largest absolute Gasteiger partial charge is 0.394 e. The Balaban J connectivity index is 2.48. The molecule has 0 aromatic rings. The molecule has 1 saturated heterocycles. The molecule has 1 aliphatic rings. The van der Waals surface area contributed by atoms with Crippen molar-refractivity contribution in [3.05, 3.63) is 0 Å². The maximum atomic E-state index is 11.5. The Morgan fingerprint density at radius 1 is 1.41 bits per heavy atom. The molecule has 0 spiro atoms. The molecule has 4 N–H and O–H groups in total. The monoisotopic (exact) mass is 247 g/mol. The van der Waals surface area contributed by atoms with Gasteiger partial charge in [0.1, 0.15) is 18.3 Å². The van der Waals surface area contributed by atoms with Crippen LogP contribution in [0.1, 0.15) is 20.3 Å². The van der Waals surface area contributed by atoms with Crippen molar-refractivity contribution in [1.82, 2.24) is 5.32 Å². The number of aliphatic hydroxyl groups excluding tert-OH is 3. The van der Waals surface area contributed by atoms with E-state index in [4.69, 9.17) is 9.84 Å². The van der Waals surface area contributed by atoms with Crippen molar-refractivity contribution in [1.29, 1.82) is 0 Å². The normalized spacial score (nSPS) is 33.8. The Bertz CT molecular complexity index is 258. The Labute approximate surface area is 101 Å². The van der Waals surface area contributed by atoms with Gasteiger partial charge in [0.15, 0.2) is 0 Å². The van der Waals surface area contributed by atoms with E-state index in [9.17, 15) is 15.0 Å². The number of carbonyl (C=O) groups is 1. The fraction of sp³-hybridized carbons (Fsp3) is 0.909. The van der Waals surface area contributed by atoms with Crippen molar-refractivity contribution in [2.45, 2.75) is 44.6 Å². The highest BCUT2D eigenvalue weighted by atomic mass is 16.5. The van der Waals surface area contributed by atoms with E-state index in [1.165, 1.54) is 0 Å². The lowest BCUT2D eigenvalue weighted by atomic mass is 9.98. The molecule has 6 heteroatoms. The first-order valence-electron chi connectivity index (χ1n) is 5.83. The van der Waals surface area contributed by atoms with E-state index in [2.05, 4.69) is 5.32 Å². The molecule has 100 valence electrons. The van der Waals surface area contributed by atoms with Crippen molar-refractivity contribution in [3.63, 3.8) is 0 Å². The zero-order chi connectivity index (χ0) is 13.0. The van der Waals surface area contributed by atoms with Crippen molar-refractivity contribution in [3.8, 4) is 0 Å². The van der Waals surface area contributed by atoms with Gasteiger partial charge < -0.3 is 25.4 Å². The molecule has 0 aromatic heterocycles. The highest BCUT2D eigenvalue weighted by molar-refractivity contribution is 5.76. The van der Waals surface area contributed by atoms with Crippen LogP contribution in [0.3, 0.4) is 0 Å². The SMILES string of the molecule is CC(C)CC(=O)NC1COC(CO)C(O)C1O. The molecule has 0 aromatic carbocycles. The summed E-state index contributed by atoms with van der Waals surface area (Å²) in [4.78, 5) is 11.5. The molecule has 17 heavy (non-hydrogen) atoms.